The Morgan fingerprint density at radius 3 is 2.76 bits per heavy atom. The van der Waals surface area contributed by atoms with Crippen molar-refractivity contribution < 1.29 is 14.3 Å². The monoisotopic (exact) mass is 345 g/mol. The molecule has 4 heterocycles. The van der Waals surface area contributed by atoms with E-state index in [1.807, 2.05) is 23.4 Å². The molecule has 3 saturated heterocycles. The van der Waals surface area contributed by atoms with E-state index in [-0.39, 0.29) is 5.91 Å². The van der Waals surface area contributed by atoms with E-state index in [1.54, 1.807) is 0 Å². The number of piperidine rings is 2. The Labute approximate surface area is 149 Å². The summed E-state index contributed by atoms with van der Waals surface area (Å²) in [6.07, 6.45) is 7.67. The molecular weight excluding hydrogens is 318 g/mol. The number of amides is 1. The summed E-state index contributed by atoms with van der Waals surface area (Å²) in [5.74, 6) is 0.313. The maximum atomic E-state index is 12.7. The fraction of sp³-hybridized carbons (Fsp3) is 0.684. The van der Waals surface area contributed by atoms with Crippen LogP contribution in [0.5, 0.6) is 0 Å². The van der Waals surface area contributed by atoms with E-state index in [2.05, 4.69) is 16.0 Å². The standard InChI is InChI=1S/C19H27N3O3/c23-18(22-9-5-19(6-10-22)24-11-12-25-19)15-21-8-2-4-17(14-21)16-3-1-7-20-13-16/h1,3,7,13,17H,2,4-6,8-12,14-15H2. The second kappa shape index (κ2) is 7.40. The Kier molecular flexibility index (Phi) is 5.01. The Morgan fingerprint density at radius 1 is 1.24 bits per heavy atom. The Balaban J connectivity index is 1.29. The highest BCUT2D eigenvalue weighted by atomic mass is 16.7. The lowest BCUT2D eigenvalue weighted by atomic mass is 9.92. The van der Waals surface area contributed by atoms with E-state index in [0.717, 1.165) is 45.4 Å². The minimum Gasteiger partial charge on any atom is -0.347 e. The summed E-state index contributed by atoms with van der Waals surface area (Å²) in [5, 5.41) is 0. The highest BCUT2D eigenvalue weighted by molar-refractivity contribution is 5.78. The maximum Gasteiger partial charge on any atom is 0.236 e. The third kappa shape index (κ3) is 3.86. The molecule has 0 saturated carbocycles. The molecule has 6 nitrogen and oxygen atoms in total. The van der Waals surface area contributed by atoms with Crippen LogP contribution in [-0.2, 0) is 14.3 Å². The quantitative estimate of drug-likeness (QED) is 0.833. The molecule has 1 amide bonds. The van der Waals surface area contributed by atoms with E-state index in [4.69, 9.17) is 9.47 Å². The first kappa shape index (κ1) is 16.9. The summed E-state index contributed by atoms with van der Waals surface area (Å²) in [7, 11) is 0. The number of hydrogen-bond acceptors (Lipinski definition) is 5. The summed E-state index contributed by atoms with van der Waals surface area (Å²) >= 11 is 0. The van der Waals surface area contributed by atoms with Gasteiger partial charge >= 0.3 is 0 Å². The van der Waals surface area contributed by atoms with Crippen molar-refractivity contribution in [2.24, 2.45) is 0 Å². The van der Waals surface area contributed by atoms with Crippen LogP contribution in [0, 0.1) is 0 Å². The Bertz CT molecular complexity index is 579. The van der Waals surface area contributed by atoms with Crippen LogP contribution in [0.1, 0.15) is 37.2 Å². The minimum atomic E-state index is -0.409. The molecular formula is C19H27N3O3. The number of nitrogens with zero attached hydrogens (tertiary/aromatic N) is 3. The zero-order valence-electron chi connectivity index (χ0n) is 14.7. The Hall–Kier alpha value is -1.50. The van der Waals surface area contributed by atoms with Gasteiger partial charge in [0, 0.05) is 44.9 Å². The molecule has 0 N–H and O–H groups in total. The van der Waals surface area contributed by atoms with Crippen molar-refractivity contribution in [3.63, 3.8) is 0 Å². The van der Waals surface area contributed by atoms with Crippen molar-refractivity contribution in [3.8, 4) is 0 Å². The SMILES string of the molecule is O=C(CN1CCCC(c2cccnc2)C1)N1CCC2(CC1)OCCO2. The van der Waals surface area contributed by atoms with E-state index in [1.165, 1.54) is 12.0 Å². The van der Waals surface area contributed by atoms with Crippen LogP contribution >= 0.6 is 0 Å². The molecule has 1 unspecified atom stereocenters. The first-order valence-electron chi connectivity index (χ1n) is 9.42. The largest absolute Gasteiger partial charge is 0.347 e. The molecule has 0 aliphatic carbocycles. The molecule has 3 aliphatic rings. The fourth-order valence-electron chi connectivity index (χ4n) is 4.26. The lowest BCUT2D eigenvalue weighted by Crippen LogP contribution is -2.50. The van der Waals surface area contributed by atoms with Gasteiger partial charge in [-0.1, -0.05) is 6.07 Å². The van der Waals surface area contributed by atoms with Gasteiger partial charge < -0.3 is 14.4 Å². The number of rotatable bonds is 3. The van der Waals surface area contributed by atoms with Gasteiger partial charge in [0.15, 0.2) is 5.79 Å². The average Bonchev–Trinajstić information content (AvgIpc) is 3.11. The van der Waals surface area contributed by atoms with E-state index in [9.17, 15) is 4.79 Å². The smallest absolute Gasteiger partial charge is 0.236 e. The molecule has 1 atom stereocenters. The van der Waals surface area contributed by atoms with Gasteiger partial charge in [-0.25, -0.2) is 0 Å². The van der Waals surface area contributed by atoms with Crippen LogP contribution < -0.4 is 0 Å². The van der Waals surface area contributed by atoms with Gasteiger partial charge in [-0.15, -0.1) is 0 Å². The van der Waals surface area contributed by atoms with Gasteiger partial charge in [0.05, 0.1) is 19.8 Å². The highest BCUT2D eigenvalue weighted by Crippen LogP contribution is 2.31. The van der Waals surface area contributed by atoms with Crippen LogP contribution in [0.4, 0.5) is 0 Å². The summed E-state index contributed by atoms with van der Waals surface area (Å²) in [6, 6.07) is 4.14. The molecule has 25 heavy (non-hydrogen) atoms. The van der Waals surface area contributed by atoms with Gasteiger partial charge in [-0.2, -0.15) is 0 Å². The number of pyridine rings is 1. The molecule has 0 radical (unpaired) electrons. The van der Waals surface area contributed by atoms with Crippen LogP contribution in [0.3, 0.4) is 0 Å². The van der Waals surface area contributed by atoms with Gasteiger partial charge in [0.25, 0.3) is 0 Å². The van der Waals surface area contributed by atoms with Crippen molar-refractivity contribution in [3.05, 3.63) is 30.1 Å². The normalized spacial score (nSPS) is 26.9. The van der Waals surface area contributed by atoms with Crippen molar-refractivity contribution >= 4 is 5.91 Å². The molecule has 136 valence electrons. The van der Waals surface area contributed by atoms with Gasteiger partial charge in [0.2, 0.25) is 5.91 Å². The summed E-state index contributed by atoms with van der Waals surface area (Å²) in [5.41, 5.74) is 1.29. The highest BCUT2D eigenvalue weighted by Gasteiger charge is 2.40. The number of carbonyl (C=O) groups is 1. The van der Waals surface area contributed by atoms with Crippen molar-refractivity contribution in [2.45, 2.75) is 37.4 Å². The predicted molar refractivity (Wildman–Crippen MR) is 93.1 cm³/mol. The van der Waals surface area contributed by atoms with Crippen molar-refractivity contribution in [1.29, 1.82) is 0 Å². The number of likely N-dealkylation sites (tertiary alicyclic amines) is 2. The van der Waals surface area contributed by atoms with Crippen LogP contribution in [0.2, 0.25) is 0 Å². The number of hydrogen-bond donors (Lipinski definition) is 0. The predicted octanol–water partition coefficient (Wildman–Crippen LogP) is 1.63. The lowest BCUT2D eigenvalue weighted by Gasteiger charge is -2.39. The zero-order chi connectivity index (χ0) is 17.1. The summed E-state index contributed by atoms with van der Waals surface area (Å²) in [6.45, 7) is 5.30. The molecule has 1 aromatic heterocycles. The van der Waals surface area contributed by atoms with Gasteiger partial charge in [0.1, 0.15) is 0 Å². The third-order valence-corrected chi connectivity index (χ3v) is 5.71. The topological polar surface area (TPSA) is 54.9 Å². The maximum absolute atomic E-state index is 12.7. The zero-order valence-corrected chi connectivity index (χ0v) is 14.7. The molecule has 6 heteroatoms. The first-order chi connectivity index (χ1) is 12.2. The van der Waals surface area contributed by atoms with Crippen molar-refractivity contribution in [2.75, 3.05) is 45.9 Å². The second-order valence-corrected chi connectivity index (χ2v) is 7.35. The van der Waals surface area contributed by atoms with Crippen LogP contribution in [0.15, 0.2) is 24.5 Å². The average molecular weight is 345 g/mol. The van der Waals surface area contributed by atoms with Crippen LogP contribution in [0.25, 0.3) is 0 Å². The molecule has 0 bridgehead atoms. The van der Waals surface area contributed by atoms with Crippen molar-refractivity contribution in [1.82, 2.24) is 14.8 Å². The molecule has 1 spiro atoms. The Morgan fingerprint density at radius 2 is 2.04 bits per heavy atom. The van der Waals surface area contributed by atoms with Gasteiger partial charge in [-0.05, 0) is 36.9 Å². The molecule has 0 aromatic carbocycles. The molecule has 3 aliphatic heterocycles. The van der Waals surface area contributed by atoms with E-state index in [0.29, 0.717) is 25.7 Å². The van der Waals surface area contributed by atoms with E-state index < -0.39 is 5.79 Å². The number of carbonyl (C=O) groups excluding carboxylic acids is 1. The lowest BCUT2D eigenvalue weighted by molar-refractivity contribution is -0.187. The van der Waals surface area contributed by atoms with Crippen LogP contribution in [-0.4, -0.2) is 72.4 Å². The number of aromatic nitrogens is 1. The second-order valence-electron chi connectivity index (χ2n) is 7.35. The van der Waals surface area contributed by atoms with Gasteiger partial charge in [-0.3, -0.25) is 14.7 Å². The third-order valence-electron chi connectivity index (χ3n) is 5.71. The fourth-order valence-corrected chi connectivity index (χ4v) is 4.26. The first-order valence-corrected chi connectivity index (χ1v) is 9.42. The molecule has 3 fully saturated rings. The molecule has 4 rings (SSSR count). The summed E-state index contributed by atoms with van der Waals surface area (Å²) < 4.78 is 11.5. The molecule has 1 aromatic rings. The minimum absolute atomic E-state index is 0.236. The van der Waals surface area contributed by atoms with E-state index >= 15 is 0 Å². The number of ether oxygens (including phenoxy) is 2. The summed E-state index contributed by atoms with van der Waals surface area (Å²) in [4.78, 5) is 21.2.